The van der Waals surface area contributed by atoms with E-state index in [9.17, 15) is 9.59 Å². The Balaban J connectivity index is 1.66. The van der Waals surface area contributed by atoms with Crippen LogP contribution in [0.2, 0.25) is 0 Å². The van der Waals surface area contributed by atoms with E-state index in [0.29, 0.717) is 13.0 Å². The lowest BCUT2D eigenvalue weighted by atomic mass is 9.93. The van der Waals surface area contributed by atoms with Crippen molar-refractivity contribution >= 4 is 11.8 Å². The molecule has 1 aliphatic carbocycles. The molecular formula is C19H26N2O3. The molecule has 2 amide bonds. The summed E-state index contributed by atoms with van der Waals surface area (Å²) in [7, 11) is 1.65. The van der Waals surface area contributed by atoms with Crippen LogP contribution in [0, 0.1) is 6.92 Å². The molecular weight excluding hydrogens is 304 g/mol. The van der Waals surface area contributed by atoms with Crippen molar-refractivity contribution in [3.8, 4) is 5.75 Å². The van der Waals surface area contributed by atoms with Crippen LogP contribution in [0.4, 0.5) is 0 Å². The summed E-state index contributed by atoms with van der Waals surface area (Å²) in [5, 5.41) is 3.11. The van der Waals surface area contributed by atoms with Crippen LogP contribution in [0.3, 0.4) is 0 Å². The number of likely N-dealkylation sites (tertiary alicyclic amines) is 1. The van der Waals surface area contributed by atoms with Crippen molar-refractivity contribution in [1.82, 2.24) is 10.2 Å². The van der Waals surface area contributed by atoms with Gasteiger partial charge in [0.15, 0.2) is 0 Å². The van der Waals surface area contributed by atoms with Crippen molar-refractivity contribution < 1.29 is 14.3 Å². The monoisotopic (exact) mass is 330 g/mol. The van der Waals surface area contributed by atoms with Crippen LogP contribution < -0.4 is 10.1 Å². The minimum atomic E-state index is -0.426. The minimum Gasteiger partial charge on any atom is -0.496 e. The minimum absolute atomic E-state index is 0.0376. The van der Waals surface area contributed by atoms with E-state index in [2.05, 4.69) is 5.32 Å². The molecule has 5 heteroatoms. The van der Waals surface area contributed by atoms with Gasteiger partial charge in [-0.1, -0.05) is 12.1 Å². The predicted octanol–water partition coefficient (Wildman–Crippen LogP) is 2.16. The van der Waals surface area contributed by atoms with Gasteiger partial charge in [-0.3, -0.25) is 9.59 Å². The molecule has 1 aliphatic heterocycles. The first-order valence-corrected chi connectivity index (χ1v) is 8.70. The Morgan fingerprint density at radius 3 is 2.75 bits per heavy atom. The number of amides is 2. The van der Waals surface area contributed by atoms with Gasteiger partial charge in [0.2, 0.25) is 11.8 Å². The van der Waals surface area contributed by atoms with Crippen LogP contribution in [-0.4, -0.2) is 43.0 Å². The number of aryl methyl sites for hydroxylation is 1. The molecule has 24 heavy (non-hydrogen) atoms. The third kappa shape index (κ3) is 3.12. The maximum atomic E-state index is 12.8. The number of nitrogens with one attached hydrogen (secondary N) is 1. The van der Waals surface area contributed by atoms with Crippen molar-refractivity contribution in [3.63, 3.8) is 0 Å². The largest absolute Gasteiger partial charge is 0.496 e. The molecule has 1 aromatic carbocycles. The lowest BCUT2D eigenvalue weighted by Gasteiger charge is -2.24. The van der Waals surface area contributed by atoms with Gasteiger partial charge < -0.3 is 15.0 Å². The number of carbonyl (C=O) groups is 2. The molecule has 1 saturated carbocycles. The molecule has 0 aromatic heterocycles. The van der Waals surface area contributed by atoms with E-state index in [4.69, 9.17) is 4.74 Å². The zero-order valence-electron chi connectivity index (χ0n) is 14.7. The van der Waals surface area contributed by atoms with Gasteiger partial charge in [0, 0.05) is 25.6 Å². The van der Waals surface area contributed by atoms with E-state index >= 15 is 0 Å². The molecule has 5 nitrogen and oxygen atoms in total. The fraction of sp³-hybridized carbons (Fsp3) is 0.579. The number of methoxy groups -OCH3 is 1. The molecule has 1 unspecified atom stereocenters. The zero-order valence-corrected chi connectivity index (χ0v) is 14.7. The van der Waals surface area contributed by atoms with Crippen LogP contribution in [0.25, 0.3) is 0 Å². The van der Waals surface area contributed by atoms with Crippen molar-refractivity contribution in [3.05, 3.63) is 29.3 Å². The van der Waals surface area contributed by atoms with Crippen molar-refractivity contribution in [1.29, 1.82) is 0 Å². The van der Waals surface area contributed by atoms with Crippen LogP contribution in [-0.2, 0) is 15.0 Å². The van der Waals surface area contributed by atoms with Crippen LogP contribution in [0.15, 0.2) is 18.2 Å². The van der Waals surface area contributed by atoms with Crippen LogP contribution in [0.1, 0.15) is 43.7 Å². The Kier molecular flexibility index (Phi) is 4.52. The maximum Gasteiger partial charge on any atom is 0.230 e. The van der Waals surface area contributed by atoms with E-state index < -0.39 is 5.41 Å². The summed E-state index contributed by atoms with van der Waals surface area (Å²) in [6.07, 6.45) is 3.28. The molecule has 0 bridgehead atoms. The fourth-order valence-electron chi connectivity index (χ4n) is 3.52. The second kappa shape index (κ2) is 6.46. The average Bonchev–Trinajstić information content (AvgIpc) is 3.27. The SMILES string of the molecule is COc1cc(C2(C(=O)NC(C)CN3CCCC3=O)CC2)ccc1C. The van der Waals surface area contributed by atoms with E-state index in [-0.39, 0.29) is 17.9 Å². The Morgan fingerprint density at radius 2 is 2.17 bits per heavy atom. The molecule has 3 rings (SSSR count). The normalized spacial score (nSPS) is 20.0. The first-order chi connectivity index (χ1) is 11.5. The van der Waals surface area contributed by atoms with Crippen molar-refractivity contribution in [2.24, 2.45) is 0 Å². The third-order valence-electron chi connectivity index (χ3n) is 5.19. The van der Waals surface area contributed by atoms with Gasteiger partial charge in [-0.25, -0.2) is 0 Å². The summed E-state index contributed by atoms with van der Waals surface area (Å²) >= 11 is 0. The molecule has 1 atom stereocenters. The van der Waals surface area contributed by atoms with Crippen molar-refractivity contribution in [2.45, 2.75) is 51.0 Å². The highest BCUT2D eigenvalue weighted by Crippen LogP contribution is 2.49. The predicted molar refractivity (Wildman–Crippen MR) is 92.1 cm³/mol. The highest BCUT2D eigenvalue weighted by atomic mass is 16.5. The number of benzene rings is 1. The third-order valence-corrected chi connectivity index (χ3v) is 5.19. The molecule has 1 N–H and O–H groups in total. The lowest BCUT2D eigenvalue weighted by Crippen LogP contribution is -2.46. The molecule has 0 radical (unpaired) electrons. The molecule has 1 saturated heterocycles. The summed E-state index contributed by atoms with van der Waals surface area (Å²) in [4.78, 5) is 26.4. The highest BCUT2D eigenvalue weighted by molar-refractivity contribution is 5.91. The lowest BCUT2D eigenvalue weighted by molar-refractivity contribution is -0.129. The Morgan fingerprint density at radius 1 is 1.42 bits per heavy atom. The van der Waals surface area contributed by atoms with Gasteiger partial charge in [-0.2, -0.15) is 0 Å². The van der Waals surface area contributed by atoms with Crippen LogP contribution >= 0.6 is 0 Å². The maximum absolute atomic E-state index is 12.8. The number of rotatable bonds is 6. The molecule has 2 aliphatic rings. The highest BCUT2D eigenvalue weighted by Gasteiger charge is 2.51. The van der Waals surface area contributed by atoms with E-state index in [1.807, 2.05) is 36.9 Å². The summed E-state index contributed by atoms with van der Waals surface area (Å²) in [5.41, 5.74) is 1.66. The van der Waals surface area contributed by atoms with Gasteiger partial charge in [0.25, 0.3) is 0 Å². The topological polar surface area (TPSA) is 58.6 Å². The standard InChI is InChI=1S/C19H26N2O3/c1-13-6-7-15(11-16(13)24-3)19(8-9-19)18(23)20-14(2)12-21-10-4-5-17(21)22/h6-7,11,14H,4-5,8-10,12H2,1-3H3,(H,20,23). The number of carbonyl (C=O) groups excluding carboxylic acids is 2. The molecule has 130 valence electrons. The first kappa shape index (κ1) is 16.8. The molecule has 0 spiro atoms. The summed E-state index contributed by atoms with van der Waals surface area (Å²) < 4.78 is 5.39. The average molecular weight is 330 g/mol. The van der Waals surface area contributed by atoms with Crippen LogP contribution in [0.5, 0.6) is 5.75 Å². The van der Waals surface area contributed by atoms with Gasteiger partial charge in [-0.15, -0.1) is 0 Å². The zero-order chi connectivity index (χ0) is 17.3. The Labute approximate surface area is 143 Å². The van der Waals surface area contributed by atoms with Gasteiger partial charge >= 0.3 is 0 Å². The Hall–Kier alpha value is -2.04. The second-order valence-electron chi connectivity index (χ2n) is 7.08. The number of ether oxygens (including phenoxy) is 1. The van der Waals surface area contributed by atoms with Gasteiger partial charge in [0.1, 0.15) is 5.75 Å². The smallest absolute Gasteiger partial charge is 0.230 e. The molecule has 2 fully saturated rings. The number of hydrogen-bond donors (Lipinski definition) is 1. The quantitative estimate of drug-likeness (QED) is 0.869. The molecule has 1 heterocycles. The fourth-order valence-corrected chi connectivity index (χ4v) is 3.52. The summed E-state index contributed by atoms with van der Waals surface area (Å²) in [6, 6.07) is 5.98. The number of nitrogens with zero attached hydrogens (tertiary/aromatic N) is 1. The molecule has 1 aromatic rings. The van der Waals surface area contributed by atoms with E-state index in [1.165, 1.54) is 0 Å². The second-order valence-corrected chi connectivity index (χ2v) is 7.08. The Bertz CT molecular complexity index is 652. The summed E-state index contributed by atoms with van der Waals surface area (Å²) in [6.45, 7) is 5.36. The van der Waals surface area contributed by atoms with Gasteiger partial charge in [-0.05, 0) is 50.3 Å². The van der Waals surface area contributed by atoms with Crippen molar-refractivity contribution in [2.75, 3.05) is 20.2 Å². The summed E-state index contributed by atoms with van der Waals surface area (Å²) in [5.74, 6) is 1.08. The number of hydrogen-bond acceptors (Lipinski definition) is 3. The van der Waals surface area contributed by atoms with Gasteiger partial charge in [0.05, 0.1) is 12.5 Å². The first-order valence-electron chi connectivity index (χ1n) is 8.70. The van der Waals surface area contributed by atoms with E-state index in [1.54, 1.807) is 7.11 Å². The van der Waals surface area contributed by atoms with E-state index in [0.717, 1.165) is 42.7 Å².